The Morgan fingerprint density at radius 2 is 1.64 bits per heavy atom. The van der Waals surface area contributed by atoms with Crippen molar-refractivity contribution in [2.24, 2.45) is 0 Å². The fraction of sp³-hybridized carbons (Fsp3) is 0.333. The van der Waals surface area contributed by atoms with Crippen molar-refractivity contribution in [1.29, 1.82) is 0 Å². The lowest BCUT2D eigenvalue weighted by atomic mass is 9.73. The van der Waals surface area contributed by atoms with Gasteiger partial charge < -0.3 is 19.1 Å². The molecule has 2 atom stereocenters. The van der Waals surface area contributed by atoms with Crippen LogP contribution in [0.15, 0.2) is 79.3 Å². The smallest absolute Gasteiger partial charge is 0.410 e. The molecule has 0 saturated carbocycles. The first-order valence-corrected chi connectivity index (χ1v) is 12.9. The Bertz CT molecular complexity index is 1400. The number of benzene rings is 2. The van der Waals surface area contributed by atoms with E-state index in [-0.39, 0.29) is 24.1 Å². The van der Waals surface area contributed by atoms with Gasteiger partial charge in [0.1, 0.15) is 12.3 Å². The molecule has 0 spiro atoms. The van der Waals surface area contributed by atoms with Gasteiger partial charge in [-0.3, -0.25) is 0 Å². The van der Waals surface area contributed by atoms with Crippen molar-refractivity contribution in [1.82, 2.24) is 14.3 Å². The van der Waals surface area contributed by atoms with Crippen molar-refractivity contribution >= 4 is 11.7 Å². The maximum atomic E-state index is 13.5. The standard InChI is InChI=1S/C30H29N3O3/c34-29(36-19-27-25-10-3-1-8-23(25)24-9-2-4-11-26(24)27)33-21-6-5-7-22(33)17-30(35,16-21)20-12-13-28-31-14-15-32(28)18-20/h1-4,8-15,18,21-22,27,35H,5-7,16-17,19H2. The molecule has 7 rings (SSSR count). The minimum absolute atomic E-state index is 0.0309. The minimum Gasteiger partial charge on any atom is -0.448 e. The third-order valence-electron chi connectivity index (χ3n) is 8.48. The summed E-state index contributed by atoms with van der Waals surface area (Å²) in [7, 11) is 0. The third kappa shape index (κ3) is 3.35. The van der Waals surface area contributed by atoms with Crippen molar-refractivity contribution in [2.75, 3.05) is 6.61 Å². The number of carbonyl (C=O) groups excluding carboxylic acids is 1. The van der Waals surface area contributed by atoms with Gasteiger partial charge in [0.05, 0.1) is 5.60 Å². The van der Waals surface area contributed by atoms with Gasteiger partial charge in [0, 0.05) is 55.0 Å². The lowest BCUT2D eigenvalue weighted by Crippen LogP contribution is -2.59. The van der Waals surface area contributed by atoms with E-state index in [1.54, 1.807) is 6.20 Å². The second kappa shape index (κ2) is 8.20. The summed E-state index contributed by atoms with van der Waals surface area (Å²) < 4.78 is 7.98. The van der Waals surface area contributed by atoms with Gasteiger partial charge in [0.25, 0.3) is 0 Å². The molecule has 6 heteroatoms. The summed E-state index contributed by atoms with van der Waals surface area (Å²) >= 11 is 0. The highest BCUT2D eigenvalue weighted by Crippen LogP contribution is 2.46. The van der Waals surface area contributed by atoms with Gasteiger partial charge >= 0.3 is 6.09 Å². The lowest BCUT2D eigenvalue weighted by Gasteiger charge is -2.51. The van der Waals surface area contributed by atoms with Crippen LogP contribution in [0.1, 0.15) is 54.7 Å². The summed E-state index contributed by atoms with van der Waals surface area (Å²) in [4.78, 5) is 19.7. The van der Waals surface area contributed by atoms with E-state index < -0.39 is 5.60 Å². The summed E-state index contributed by atoms with van der Waals surface area (Å²) in [6.45, 7) is 0.324. The number of hydrogen-bond donors (Lipinski definition) is 1. The van der Waals surface area contributed by atoms with E-state index in [0.717, 1.165) is 30.5 Å². The van der Waals surface area contributed by atoms with Crippen LogP contribution in [0.2, 0.25) is 0 Å². The highest BCUT2D eigenvalue weighted by Gasteiger charge is 2.49. The van der Waals surface area contributed by atoms with E-state index in [1.165, 1.54) is 22.3 Å². The third-order valence-corrected chi connectivity index (χ3v) is 8.48. The van der Waals surface area contributed by atoms with Gasteiger partial charge in [0.2, 0.25) is 0 Å². The van der Waals surface area contributed by atoms with Crippen molar-refractivity contribution in [3.8, 4) is 11.1 Å². The Morgan fingerprint density at radius 3 is 2.33 bits per heavy atom. The van der Waals surface area contributed by atoms with Crippen LogP contribution in [-0.4, -0.2) is 44.2 Å². The number of carbonyl (C=O) groups is 1. The van der Waals surface area contributed by atoms with Crippen LogP contribution in [0.5, 0.6) is 0 Å². The number of amides is 1. The van der Waals surface area contributed by atoms with Crippen LogP contribution < -0.4 is 0 Å². The molecule has 3 aliphatic rings. The molecule has 36 heavy (non-hydrogen) atoms. The first kappa shape index (κ1) is 21.6. The average molecular weight is 480 g/mol. The number of pyridine rings is 1. The molecule has 2 unspecified atom stereocenters. The molecule has 6 nitrogen and oxygen atoms in total. The van der Waals surface area contributed by atoms with E-state index >= 15 is 0 Å². The largest absolute Gasteiger partial charge is 0.448 e. The second-order valence-corrected chi connectivity index (χ2v) is 10.5. The van der Waals surface area contributed by atoms with Crippen LogP contribution in [0.4, 0.5) is 4.79 Å². The molecule has 2 bridgehead atoms. The molecule has 4 aromatic rings. The molecule has 182 valence electrons. The molecule has 4 heterocycles. The van der Waals surface area contributed by atoms with Crippen molar-refractivity contribution < 1.29 is 14.6 Å². The van der Waals surface area contributed by atoms with E-state index in [1.807, 2.05) is 33.8 Å². The monoisotopic (exact) mass is 479 g/mol. The van der Waals surface area contributed by atoms with Crippen molar-refractivity contribution in [3.05, 3.63) is 95.9 Å². The number of hydrogen-bond acceptors (Lipinski definition) is 4. The molecule has 1 amide bonds. The van der Waals surface area contributed by atoms with Gasteiger partial charge in [-0.2, -0.15) is 0 Å². The number of piperidine rings is 2. The van der Waals surface area contributed by atoms with Crippen molar-refractivity contribution in [3.63, 3.8) is 0 Å². The highest BCUT2D eigenvalue weighted by molar-refractivity contribution is 5.79. The van der Waals surface area contributed by atoms with E-state index in [9.17, 15) is 9.90 Å². The first-order chi connectivity index (χ1) is 17.6. The molecule has 2 aromatic carbocycles. The number of rotatable bonds is 3. The fourth-order valence-electron chi connectivity index (χ4n) is 6.83. The number of nitrogens with zero attached hydrogens (tertiary/aromatic N) is 3. The van der Waals surface area contributed by atoms with Crippen LogP contribution in [0.25, 0.3) is 16.8 Å². The molecule has 0 radical (unpaired) electrons. The van der Waals surface area contributed by atoms with Gasteiger partial charge in [-0.1, -0.05) is 54.6 Å². The average Bonchev–Trinajstić information content (AvgIpc) is 3.49. The SMILES string of the molecule is O=C(OCC1c2ccccc2-c2ccccc21)N1C2CCCC1CC(O)(c1ccc3nccn3c1)C2. The molecule has 2 aromatic heterocycles. The van der Waals surface area contributed by atoms with Crippen LogP contribution >= 0.6 is 0 Å². The Morgan fingerprint density at radius 1 is 0.972 bits per heavy atom. The molecular formula is C30H29N3O3. The Balaban J connectivity index is 1.11. The normalized spacial score (nSPS) is 25.0. The predicted molar refractivity (Wildman–Crippen MR) is 137 cm³/mol. The number of ether oxygens (including phenoxy) is 1. The van der Waals surface area contributed by atoms with Crippen LogP contribution in [0.3, 0.4) is 0 Å². The number of aromatic nitrogens is 2. The van der Waals surface area contributed by atoms with E-state index in [2.05, 4.69) is 53.5 Å². The highest BCUT2D eigenvalue weighted by atomic mass is 16.6. The van der Waals surface area contributed by atoms with E-state index in [0.29, 0.717) is 19.4 Å². The zero-order chi connectivity index (χ0) is 24.3. The molecular weight excluding hydrogens is 450 g/mol. The summed E-state index contributed by atoms with van der Waals surface area (Å²) in [6, 6.07) is 20.7. The topological polar surface area (TPSA) is 67.1 Å². The zero-order valence-corrected chi connectivity index (χ0v) is 20.1. The van der Waals surface area contributed by atoms with Crippen LogP contribution in [-0.2, 0) is 10.3 Å². The number of fused-ring (bicyclic) bond motifs is 6. The first-order valence-electron chi connectivity index (χ1n) is 12.9. The molecule has 2 fully saturated rings. The molecule has 2 saturated heterocycles. The fourth-order valence-corrected chi connectivity index (χ4v) is 6.83. The van der Waals surface area contributed by atoms with Gasteiger partial charge in [-0.25, -0.2) is 9.78 Å². The van der Waals surface area contributed by atoms with Crippen LogP contribution in [0, 0.1) is 0 Å². The molecule has 2 aliphatic heterocycles. The van der Waals surface area contributed by atoms with Crippen molar-refractivity contribution in [2.45, 2.75) is 55.7 Å². The maximum absolute atomic E-state index is 13.5. The summed E-state index contributed by atoms with van der Waals surface area (Å²) in [5.74, 6) is 0.0461. The van der Waals surface area contributed by atoms with Gasteiger partial charge in [0.15, 0.2) is 0 Å². The van der Waals surface area contributed by atoms with Gasteiger partial charge in [-0.05, 0) is 47.6 Å². The zero-order valence-electron chi connectivity index (χ0n) is 20.1. The number of imidazole rings is 1. The van der Waals surface area contributed by atoms with Gasteiger partial charge in [-0.15, -0.1) is 0 Å². The Hall–Kier alpha value is -3.64. The lowest BCUT2D eigenvalue weighted by molar-refractivity contribution is -0.0892. The minimum atomic E-state index is -0.964. The molecule has 1 aliphatic carbocycles. The maximum Gasteiger partial charge on any atom is 0.410 e. The second-order valence-electron chi connectivity index (χ2n) is 10.5. The Kier molecular flexibility index (Phi) is 4.93. The van der Waals surface area contributed by atoms with E-state index in [4.69, 9.17) is 4.74 Å². The summed E-state index contributed by atoms with van der Waals surface area (Å²) in [5, 5.41) is 11.8. The summed E-state index contributed by atoms with van der Waals surface area (Å²) in [6.07, 6.45) is 9.26. The summed E-state index contributed by atoms with van der Waals surface area (Å²) in [5.41, 5.74) is 5.67. The number of aliphatic hydroxyl groups is 1. The predicted octanol–water partition coefficient (Wildman–Crippen LogP) is 5.49. The molecule has 1 N–H and O–H groups in total. The quantitative estimate of drug-likeness (QED) is 0.422. The Labute approximate surface area is 210 Å².